The van der Waals surface area contributed by atoms with Crippen LogP contribution in [0.3, 0.4) is 0 Å². The van der Waals surface area contributed by atoms with Crippen molar-refractivity contribution in [1.82, 2.24) is 15.1 Å². The normalized spacial score (nSPS) is 26.0. The van der Waals surface area contributed by atoms with Crippen molar-refractivity contribution in [3.63, 3.8) is 0 Å². The van der Waals surface area contributed by atoms with Crippen LogP contribution in [0.25, 0.3) is 11.5 Å². The first-order valence-corrected chi connectivity index (χ1v) is 9.14. The molecule has 0 bridgehead atoms. The Balaban J connectivity index is 1.41. The third-order valence-corrected chi connectivity index (χ3v) is 5.39. The fourth-order valence-corrected chi connectivity index (χ4v) is 3.76. The highest BCUT2D eigenvalue weighted by Crippen LogP contribution is 2.39. The molecule has 2 aromatic rings. The van der Waals surface area contributed by atoms with Crippen LogP contribution in [0.4, 0.5) is 6.01 Å². The Kier molecular flexibility index (Phi) is 4.36. The SMILES string of the molecule is C[C@@H]1CC2(CCO2)CN1C(=O)[C@@H](C)Nc1nnc(-c2ccc(Cl)cc2)o1. The van der Waals surface area contributed by atoms with Crippen LogP contribution in [0.1, 0.15) is 26.7 Å². The summed E-state index contributed by atoms with van der Waals surface area (Å²) in [6, 6.07) is 7.04. The summed E-state index contributed by atoms with van der Waals surface area (Å²) >= 11 is 5.89. The molecule has 138 valence electrons. The molecule has 2 fully saturated rings. The standard InChI is InChI=1S/C18H21ClN4O3/c1-11-9-18(7-8-25-18)10-23(11)16(24)12(2)20-17-22-21-15(26-17)13-3-5-14(19)6-4-13/h3-6,11-12H,7-10H2,1-2H3,(H,20,22)/t11-,12-,18?/m1/s1. The van der Waals surface area contributed by atoms with Gasteiger partial charge in [-0.25, -0.2) is 0 Å². The lowest BCUT2D eigenvalue weighted by atomic mass is 9.92. The van der Waals surface area contributed by atoms with Gasteiger partial charge in [-0.05, 0) is 44.5 Å². The van der Waals surface area contributed by atoms with E-state index in [-0.39, 0.29) is 23.6 Å². The van der Waals surface area contributed by atoms with Crippen LogP contribution in [0, 0.1) is 0 Å². The Labute approximate surface area is 156 Å². The van der Waals surface area contributed by atoms with E-state index in [4.69, 9.17) is 20.8 Å². The molecular formula is C18H21ClN4O3. The third kappa shape index (κ3) is 3.17. The number of aromatic nitrogens is 2. The van der Waals surface area contributed by atoms with Crippen molar-refractivity contribution in [3.8, 4) is 11.5 Å². The third-order valence-electron chi connectivity index (χ3n) is 5.13. The average molecular weight is 377 g/mol. The zero-order chi connectivity index (χ0) is 18.3. The van der Waals surface area contributed by atoms with Gasteiger partial charge in [-0.15, -0.1) is 5.10 Å². The van der Waals surface area contributed by atoms with Gasteiger partial charge in [0.2, 0.25) is 11.8 Å². The fraction of sp³-hybridized carbons (Fsp3) is 0.500. The predicted octanol–water partition coefficient (Wildman–Crippen LogP) is 2.97. The molecule has 0 saturated carbocycles. The molecule has 26 heavy (non-hydrogen) atoms. The van der Waals surface area contributed by atoms with Gasteiger partial charge < -0.3 is 19.4 Å². The predicted molar refractivity (Wildman–Crippen MR) is 96.9 cm³/mol. The second kappa shape index (κ2) is 6.55. The summed E-state index contributed by atoms with van der Waals surface area (Å²) in [5, 5.41) is 11.6. The number of nitrogens with zero attached hydrogens (tertiary/aromatic N) is 3. The summed E-state index contributed by atoms with van der Waals surface area (Å²) in [5.41, 5.74) is 0.646. The lowest BCUT2D eigenvalue weighted by Gasteiger charge is -2.38. The molecular weight excluding hydrogens is 356 g/mol. The zero-order valence-corrected chi connectivity index (χ0v) is 15.5. The van der Waals surface area contributed by atoms with Crippen LogP contribution < -0.4 is 5.32 Å². The highest BCUT2D eigenvalue weighted by Gasteiger charge is 2.49. The van der Waals surface area contributed by atoms with Crippen LogP contribution in [0.15, 0.2) is 28.7 Å². The minimum absolute atomic E-state index is 0.0103. The number of carbonyl (C=O) groups is 1. The molecule has 8 heteroatoms. The van der Waals surface area contributed by atoms with E-state index in [2.05, 4.69) is 22.4 Å². The summed E-state index contributed by atoms with van der Waals surface area (Å²) < 4.78 is 11.3. The first-order valence-electron chi connectivity index (χ1n) is 8.76. The van der Waals surface area contributed by atoms with Gasteiger partial charge in [0.25, 0.3) is 0 Å². The summed E-state index contributed by atoms with van der Waals surface area (Å²) in [6.07, 6.45) is 1.92. The summed E-state index contributed by atoms with van der Waals surface area (Å²) in [4.78, 5) is 14.7. The Hall–Kier alpha value is -2.12. The van der Waals surface area contributed by atoms with Crippen molar-refractivity contribution >= 4 is 23.5 Å². The average Bonchev–Trinajstić information content (AvgIpc) is 3.19. The van der Waals surface area contributed by atoms with Gasteiger partial charge in [-0.2, -0.15) is 0 Å². The number of likely N-dealkylation sites (tertiary alicyclic amines) is 1. The van der Waals surface area contributed by atoms with Gasteiger partial charge in [-0.1, -0.05) is 16.7 Å². The maximum Gasteiger partial charge on any atom is 0.316 e. The van der Waals surface area contributed by atoms with Gasteiger partial charge in [0.1, 0.15) is 6.04 Å². The maximum atomic E-state index is 12.8. The van der Waals surface area contributed by atoms with E-state index in [1.165, 1.54) is 0 Å². The van der Waals surface area contributed by atoms with Gasteiger partial charge in [-0.3, -0.25) is 4.79 Å². The fourth-order valence-electron chi connectivity index (χ4n) is 3.64. The van der Waals surface area contributed by atoms with Crippen molar-refractivity contribution in [3.05, 3.63) is 29.3 Å². The van der Waals surface area contributed by atoms with Gasteiger partial charge >= 0.3 is 6.01 Å². The van der Waals surface area contributed by atoms with Crippen LogP contribution in [0.2, 0.25) is 5.02 Å². The topological polar surface area (TPSA) is 80.5 Å². The Bertz CT molecular complexity index is 803. The lowest BCUT2D eigenvalue weighted by Crippen LogP contribution is -2.48. The summed E-state index contributed by atoms with van der Waals surface area (Å²) in [6.45, 7) is 5.30. The smallest absolute Gasteiger partial charge is 0.316 e. The lowest BCUT2D eigenvalue weighted by molar-refractivity contribution is -0.146. The minimum atomic E-state index is -0.466. The Morgan fingerprint density at radius 3 is 2.73 bits per heavy atom. The molecule has 1 unspecified atom stereocenters. The molecule has 2 aliphatic heterocycles. The number of hydrogen-bond acceptors (Lipinski definition) is 6. The molecule has 2 saturated heterocycles. The monoisotopic (exact) mass is 376 g/mol. The van der Waals surface area contributed by atoms with Crippen LogP contribution in [-0.4, -0.2) is 51.8 Å². The van der Waals surface area contributed by atoms with E-state index < -0.39 is 6.04 Å². The molecule has 7 nitrogen and oxygen atoms in total. The second-order valence-corrected chi connectivity index (χ2v) is 7.52. The van der Waals surface area contributed by atoms with Gasteiger partial charge in [0.15, 0.2) is 0 Å². The van der Waals surface area contributed by atoms with Gasteiger partial charge in [0, 0.05) is 23.0 Å². The van der Waals surface area contributed by atoms with Gasteiger partial charge in [0.05, 0.1) is 18.8 Å². The quantitative estimate of drug-likeness (QED) is 0.883. The Morgan fingerprint density at radius 2 is 2.12 bits per heavy atom. The van der Waals surface area contributed by atoms with Crippen molar-refractivity contribution in [2.24, 2.45) is 0 Å². The van der Waals surface area contributed by atoms with E-state index in [9.17, 15) is 4.79 Å². The largest absolute Gasteiger partial charge is 0.403 e. The first kappa shape index (κ1) is 17.3. The number of amides is 1. The van der Waals surface area contributed by atoms with E-state index in [0.717, 1.165) is 25.0 Å². The van der Waals surface area contributed by atoms with E-state index in [1.54, 1.807) is 31.2 Å². The molecule has 1 amide bonds. The van der Waals surface area contributed by atoms with Crippen LogP contribution in [0.5, 0.6) is 0 Å². The number of anilines is 1. The number of rotatable bonds is 4. The maximum absolute atomic E-state index is 12.8. The van der Waals surface area contributed by atoms with Crippen LogP contribution >= 0.6 is 11.6 Å². The van der Waals surface area contributed by atoms with E-state index >= 15 is 0 Å². The zero-order valence-electron chi connectivity index (χ0n) is 14.7. The van der Waals surface area contributed by atoms with E-state index in [0.29, 0.717) is 17.5 Å². The number of carbonyl (C=O) groups excluding carboxylic acids is 1. The second-order valence-electron chi connectivity index (χ2n) is 7.09. The molecule has 0 radical (unpaired) electrons. The first-order chi connectivity index (χ1) is 12.5. The number of benzene rings is 1. The molecule has 1 spiro atoms. The molecule has 0 aliphatic carbocycles. The van der Waals surface area contributed by atoms with E-state index in [1.807, 2.05) is 4.90 Å². The molecule has 4 rings (SSSR count). The minimum Gasteiger partial charge on any atom is -0.403 e. The summed E-state index contributed by atoms with van der Waals surface area (Å²) in [5.74, 6) is 0.385. The van der Waals surface area contributed by atoms with Crippen molar-refractivity contribution < 1.29 is 13.9 Å². The molecule has 3 heterocycles. The number of hydrogen-bond donors (Lipinski definition) is 1. The van der Waals surface area contributed by atoms with Crippen molar-refractivity contribution in [1.29, 1.82) is 0 Å². The number of halogens is 1. The number of nitrogens with one attached hydrogen (secondary N) is 1. The summed E-state index contributed by atoms with van der Waals surface area (Å²) in [7, 11) is 0. The molecule has 1 aromatic carbocycles. The highest BCUT2D eigenvalue weighted by molar-refractivity contribution is 6.30. The number of ether oxygens (including phenoxy) is 1. The Morgan fingerprint density at radius 1 is 1.38 bits per heavy atom. The molecule has 1 aromatic heterocycles. The molecule has 2 aliphatic rings. The molecule has 1 N–H and O–H groups in total. The molecule has 3 atom stereocenters. The van der Waals surface area contributed by atoms with Crippen LogP contribution in [-0.2, 0) is 9.53 Å². The highest BCUT2D eigenvalue weighted by atomic mass is 35.5. The van der Waals surface area contributed by atoms with Crippen molar-refractivity contribution in [2.75, 3.05) is 18.5 Å². The van der Waals surface area contributed by atoms with Crippen molar-refractivity contribution in [2.45, 2.75) is 44.4 Å².